The third-order valence-corrected chi connectivity index (χ3v) is 5.30. The van der Waals surface area contributed by atoms with Gasteiger partial charge in [-0.1, -0.05) is 51.4 Å². The van der Waals surface area contributed by atoms with Gasteiger partial charge >= 0.3 is 5.97 Å². The molecule has 0 saturated heterocycles. The predicted octanol–water partition coefficient (Wildman–Crippen LogP) is -2.06. The summed E-state index contributed by atoms with van der Waals surface area (Å²) in [6.07, 6.45) is -4.60. The van der Waals surface area contributed by atoms with Crippen LogP contribution in [0.4, 0.5) is 0 Å². The smallest absolute Gasteiger partial charge is 0.337 e. The number of carbonyl (C=O) groups excluding carboxylic acids is 1. The minimum atomic E-state index is -2.28. The van der Waals surface area contributed by atoms with Crippen molar-refractivity contribution in [1.29, 1.82) is 0 Å². The second-order valence-corrected chi connectivity index (χ2v) is 8.14. The van der Waals surface area contributed by atoms with E-state index in [0.717, 1.165) is 51.4 Å². The highest BCUT2D eigenvalue weighted by atomic mass is 16.6. The Morgan fingerprint density at radius 1 is 0.625 bits per heavy atom. The Balaban J connectivity index is 4.20. The van der Waals surface area contributed by atoms with Crippen LogP contribution < -0.4 is 0 Å². The molecule has 0 aromatic rings. The summed E-state index contributed by atoms with van der Waals surface area (Å²) in [6, 6.07) is 0. The van der Waals surface area contributed by atoms with Crippen LogP contribution >= 0.6 is 0 Å². The van der Waals surface area contributed by atoms with Gasteiger partial charge in [-0.25, -0.2) is 4.79 Å². The summed E-state index contributed by atoms with van der Waals surface area (Å²) in [7, 11) is 0. The molecule has 0 aromatic heterocycles. The van der Waals surface area contributed by atoms with Crippen molar-refractivity contribution in [2.45, 2.75) is 107 Å². The molecule has 7 atom stereocenters. The van der Waals surface area contributed by atoms with Crippen LogP contribution in [0, 0.1) is 0 Å². The van der Waals surface area contributed by atoms with E-state index in [1.54, 1.807) is 0 Å². The molecule has 11 nitrogen and oxygen atoms in total. The molecule has 0 aromatic carbocycles. The highest BCUT2D eigenvalue weighted by Crippen LogP contribution is 2.17. The Morgan fingerprint density at radius 2 is 1.09 bits per heavy atom. The lowest BCUT2D eigenvalue weighted by atomic mass is 9.94. The summed E-state index contributed by atoms with van der Waals surface area (Å²) in [4.78, 5) is 11.6. The summed E-state index contributed by atoms with van der Waals surface area (Å²) in [5.74, 6) is -1.40. The molecule has 32 heavy (non-hydrogen) atoms. The predicted molar refractivity (Wildman–Crippen MR) is 113 cm³/mol. The fraction of sp³-hybridized carbons (Fsp3) is 0.952. The van der Waals surface area contributed by atoms with E-state index in [-0.39, 0.29) is 13.0 Å². The van der Waals surface area contributed by atoms with Crippen molar-refractivity contribution < 1.29 is 55.5 Å². The molecule has 0 fully saturated rings. The average Bonchev–Trinajstić information content (AvgIpc) is 2.80. The van der Waals surface area contributed by atoms with Gasteiger partial charge < -0.3 is 50.7 Å². The maximum absolute atomic E-state index is 11.6. The third kappa shape index (κ3) is 13.0. The summed E-state index contributed by atoms with van der Waals surface area (Å²) < 4.78 is 4.46. The van der Waals surface area contributed by atoms with Gasteiger partial charge in [0.25, 0.3) is 0 Å². The van der Waals surface area contributed by atoms with Crippen molar-refractivity contribution in [3.63, 3.8) is 0 Å². The molecule has 0 bridgehead atoms. The molecule has 0 amide bonds. The first-order valence-electron chi connectivity index (χ1n) is 11.3. The van der Waals surface area contributed by atoms with E-state index in [9.17, 15) is 35.4 Å². The van der Waals surface area contributed by atoms with Crippen molar-refractivity contribution in [2.75, 3.05) is 19.8 Å². The standard InChI is InChI=1S/C21H42O11/c22-11-9-7-5-3-1-2-4-6-8-10-15(25)16(26)17(27)18(28)19(29)20(30)21(31)32-13-14(24)12-23/h14-20,22-30H,1-13H2. The number of aliphatic hydroxyl groups is 9. The molecule has 0 saturated carbocycles. The summed E-state index contributed by atoms with van der Waals surface area (Å²) in [5.41, 5.74) is 0. The number of carbonyl (C=O) groups is 1. The van der Waals surface area contributed by atoms with Gasteiger partial charge in [0.15, 0.2) is 6.10 Å². The van der Waals surface area contributed by atoms with E-state index in [1.807, 2.05) is 0 Å². The van der Waals surface area contributed by atoms with Crippen LogP contribution in [0.15, 0.2) is 0 Å². The van der Waals surface area contributed by atoms with E-state index in [0.29, 0.717) is 6.42 Å². The normalized spacial score (nSPS) is 18.4. The van der Waals surface area contributed by atoms with E-state index in [4.69, 9.17) is 15.3 Å². The Kier molecular flexibility index (Phi) is 18.0. The molecular formula is C21H42O11. The number of hydrogen-bond donors (Lipinski definition) is 9. The van der Waals surface area contributed by atoms with Crippen molar-refractivity contribution in [3.05, 3.63) is 0 Å². The van der Waals surface area contributed by atoms with Crippen LogP contribution in [-0.2, 0) is 9.53 Å². The highest BCUT2D eigenvalue weighted by Gasteiger charge is 2.39. The maximum Gasteiger partial charge on any atom is 0.337 e. The van der Waals surface area contributed by atoms with Gasteiger partial charge in [-0.05, 0) is 12.8 Å². The summed E-state index contributed by atoms with van der Waals surface area (Å²) >= 11 is 0. The number of ether oxygens (including phenoxy) is 1. The lowest BCUT2D eigenvalue weighted by molar-refractivity contribution is -0.180. The highest BCUT2D eigenvalue weighted by molar-refractivity contribution is 5.75. The molecule has 9 N–H and O–H groups in total. The summed E-state index contributed by atoms with van der Waals surface area (Å²) in [6.45, 7) is -1.12. The maximum atomic E-state index is 11.6. The minimum absolute atomic E-state index is 0.154. The van der Waals surface area contributed by atoms with Gasteiger partial charge in [0.2, 0.25) is 0 Å². The first kappa shape index (κ1) is 31.1. The van der Waals surface area contributed by atoms with E-state index >= 15 is 0 Å². The van der Waals surface area contributed by atoms with Crippen molar-refractivity contribution in [3.8, 4) is 0 Å². The molecule has 0 heterocycles. The van der Waals surface area contributed by atoms with Gasteiger partial charge in [0.1, 0.15) is 37.1 Å². The molecule has 0 radical (unpaired) electrons. The van der Waals surface area contributed by atoms with Crippen molar-refractivity contribution >= 4 is 5.97 Å². The Bertz CT molecular complexity index is 465. The summed E-state index contributed by atoms with van der Waals surface area (Å²) in [5, 5.41) is 86.1. The van der Waals surface area contributed by atoms with Crippen LogP contribution in [0.1, 0.15) is 64.2 Å². The van der Waals surface area contributed by atoms with Crippen molar-refractivity contribution in [2.24, 2.45) is 0 Å². The third-order valence-electron chi connectivity index (χ3n) is 5.30. The molecule has 192 valence electrons. The Labute approximate surface area is 188 Å². The second kappa shape index (κ2) is 18.5. The second-order valence-electron chi connectivity index (χ2n) is 8.14. The molecule has 7 unspecified atom stereocenters. The zero-order chi connectivity index (χ0) is 24.5. The van der Waals surface area contributed by atoms with Gasteiger partial charge in [-0.15, -0.1) is 0 Å². The SMILES string of the molecule is O=C(OCC(O)CO)C(O)C(O)C(O)C(O)C(O)C(O)CCCCCCCCCCCO. The van der Waals surface area contributed by atoms with Gasteiger partial charge in [0.05, 0.1) is 12.7 Å². The quantitative estimate of drug-likeness (QED) is 0.0698. The molecule has 0 rings (SSSR count). The monoisotopic (exact) mass is 470 g/mol. The van der Waals surface area contributed by atoms with Gasteiger partial charge in [-0.2, -0.15) is 0 Å². The number of aliphatic hydroxyl groups excluding tert-OH is 9. The first-order valence-corrected chi connectivity index (χ1v) is 11.3. The molecule has 0 aliphatic rings. The van der Waals surface area contributed by atoms with E-state index in [1.165, 1.54) is 0 Å². The number of unbranched alkanes of at least 4 members (excludes halogenated alkanes) is 8. The van der Waals surface area contributed by atoms with Gasteiger partial charge in [-0.3, -0.25) is 0 Å². The van der Waals surface area contributed by atoms with Crippen LogP contribution in [0.5, 0.6) is 0 Å². The average molecular weight is 471 g/mol. The fourth-order valence-corrected chi connectivity index (χ4v) is 3.15. The van der Waals surface area contributed by atoms with E-state index < -0.39 is 61.9 Å². The van der Waals surface area contributed by atoms with Crippen LogP contribution in [-0.4, -0.2) is 114 Å². The number of hydrogen-bond acceptors (Lipinski definition) is 11. The number of rotatable bonds is 20. The largest absolute Gasteiger partial charge is 0.461 e. The molecule has 11 heteroatoms. The van der Waals surface area contributed by atoms with Gasteiger partial charge in [0, 0.05) is 6.61 Å². The van der Waals surface area contributed by atoms with Crippen molar-refractivity contribution in [1.82, 2.24) is 0 Å². The lowest BCUT2D eigenvalue weighted by Gasteiger charge is -2.30. The lowest BCUT2D eigenvalue weighted by Crippen LogP contribution is -2.54. The zero-order valence-corrected chi connectivity index (χ0v) is 18.6. The minimum Gasteiger partial charge on any atom is -0.461 e. The first-order chi connectivity index (χ1) is 15.2. The Morgan fingerprint density at radius 3 is 1.59 bits per heavy atom. The molecule has 0 aliphatic carbocycles. The van der Waals surface area contributed by atoms with E-state index in [2.05, 4.69) is 4.74 Å². The van der Waals surface area contributed by atoms with Crippen LogP contribution in [0.2, 0.25) is 0 Å². The molecule has 0 spiro atoms. The fourth-order valence-electron chi connectivity index (χ4n) is 3.15. The Hall–Kier alpha value is -0.890. The number of esters is 1. The zero-order valence-electron chi connectivity index (χ0n) is 18.6. The topological polar surface area (TPSA) is 208 Å². The molecule has 0 aliphatic heterocycles. The molecular weight excluding hydrogens is 428 g/mol. The van der Waals surface area contributed by atoms with Crippen LogP contribution in [0.3, 0.4) is 0 Å². The van der Waals surface area contributed by atoms with Crippen LogP contribution in [0.25, 0.3) is 0 Å².